The fourth-order valence-corrected chi connectivity index (χ4v) is 2.65. The van der Waals surface area contributed by atoms with Gasteiger partial charge in [-0.3, -0.25) is 4.79 Å². The Balaban J connectivity index is 2.22. The Morgan fingerprint density at radius 1 is 1.38 bits per heavy atom. The van der Waals surface area contributed by atoms with Gasteiger partial charge >= 0.3 is 6.61 Å². The van der Waals surface area contributed by atoms with Crippen LogP contribution in [-0.2, 0) is 0 Å². The van der Waals surface area contributed by atoms with Crippen LogP contribution in [0.2, 0.25) is 0 Å². The van der Waals surface area contributed by atoms with E-state index in [0.29, 0.717) is 29.8 Å². The predicted molar refractivity (Wildman–Crippen MR) is 75.9 cm³/mol. The minimum Gasteiger partial charge on any atom is -0.434 e. The maximum atomic E-state index is 12.5. The van der Waals surface area contributed by atoms with Crippen molar-refractivity contribution in [1.82, 2.24) is 10.2 Å². The second-order valence-electron chi connectivity index (χ2n) is 5.42. The van der Waals surface area contributed by atoms with Crippen LogP contribution in [-0.4, -0.2) is 43.1 Å². The minimum atomic E-state index is -2.86. The van der Waals surface area contributed by atoms with E-state index in [2.05, 4.69) is 10.1 Å². The molecule has 1 saturated heterocycles. The van der Waals surface area contributed by atoms with Gasteiger partial charge in [-0.1, -0.05) is 0 Å². The molecule has 21 heavy (non-hydrogen) atoms. The fraction of sp³-hybridized carbons (Fsp3) is 0.533. The third kappa shape index (κ3) is 3.69. The summed E-state index contributed by atoms with van der Waals surface area (Å²) >= 11 is 0. The number of nitrogens with one attached hydrogen (secondary N) is 1. The normalized spacial score (nSPS) is 19.0. The molecule has 6 heteroatoms. The van der Waals surface area contributed by atoms with Crippen LogP contribution >= 0.6 is 0 Å². The van der Waals surface area contributed by atoms with E-state index in [4.69, 9.17) is 0 Å². The Bertz CT molecular complexity index is 511. The summed E-state index contributed by atoms with van der Waals surface area (Å²) in [6, 6.07) is 3.48. The van der Waals surface area contributed by atoms with Crippen LogP contribution in [0.15, 0.2) is 12.1 Å². The standard InChI is InChI=1S/C15H20F2N2O2/c1-9-6-12(7-10(2)13(9)21-15(16)17)14(20)19-5-4-18-11(3)8-19/h6-7,11,15,18H,4-5,8H2,1-3H3. The minimum absolute atomic E-state index is 0.0712. The molecule has 1 aliphatic rings. The molecule has 4 nitrogen and oxygen atoms in total. The Hall–Kier alpha value is -1.69. The summed E-state index contributed by atoms with van der Waals surface area (Å²) in [7, 11) is 0. The number of hydrogen-bond donors (Lipinski definition) is 1. The van der Waals surface area contributed by atoms with Gasteiger partial charge in [0.2, 0.25) is 0 Å². The summed E-state index contributed by atoms with van der Waals surface area (Å²) in [5, 5.41) is 3.27. The summed E-state index contributed by atoms with van der Waals surface area (Å²) < 4.78 is 29.2. The van der Waals surface area contributed by atoms with Crippen molar-refractivity contribution in [2.45, 2.75) is 33.4 Å². The molecule has 1 amide bonds. The molecule has 0 spiro atoms. The molecule has 1 N–H and O–H groups in total. The molecular weight excluding hydrogens is 278 g/mol. The first-order valence-corrected chi connectivity index (χ1v) is 6.97. The van der Waals surface area contributed by atoms with Crippen molar-refractivity contribution < 1.29 is 18.3 Å². The molecule has 1 aromatic rings. The lowest BCUT2D eigenvalue weighted by Gasteiger charge is -2.32. The number of piperazine rings is 1. The molecule has 0 radical (unpaired) electrons. The van der Waals surface area contributed by atoms with E-state index in [9.17, 15) is 13.6 Å². The highest BCUT2D eigenvalue weighted by Gasteiger charge is 2.23. The van der Waals surface area contributed by atoms with Crippen LogP contribution in [0.1, 0.15) is 28.4 Å². The Kier molecular flexibility index (Phi) is 4.77. The molecule has 2 rings (SSSR count). The van der Waals surface area contributed by atoms with Crippen molar-refractivity contribution in [2.75, 3.05) is 19.6 Å². The van der Waals surface area contributed by atoms with E-state index in [1.807, 2.05) is 6.92 Å². The monoisotopic (exact) mass is 298 g/mol. The van der Waals surface area contributed by atoms with Gasteiger partial charge < -0.3 is 15.0 Å². The Morgan fingerprint density at radius 3 is 2.52 bits per heavy atom. The van der Waals surface area contributed by atoms with Crippen LogP contribution in [0.5, 0.6) is 5.75 Å². The number of aryl methyl sites for hydroxylation is 2. The van der Waals surface area contributed by atoms with Crippen molar-refractivity contribution >= 4 is 5.91 Å². The fourth-order valence-electron chi connectivity index (χ4n) is 2.65. The van der Waals surface area contributed by atoms with E-state index >= 15 is 0 Å². The molecule has 0 aliphatic carbocycles. The van der Waals surface area contributed by atoms with E-state index in [-0.39, 0.29) is 17.7 Å². The number of nitrogens with zero attached hydrogens (tertiary/aromatic N) is 1. The number of halogens is 2. The van der Waals surface area contributed by atoms with Crippen molar-refractivity contribution in [1.29, 1.82) is 0 Å². The summed E-state index contributed by atoms with van der Waals surface area (Å²) in [6.45, 7) is 4.55. The molecule has 1 heterocycles. The highest BCUT2D eigenvalue weighted by atomic mass is 19.3. The number of hydrogen-bond acceptors (Lipinski definition) is 3. The second kappa shape index (κ2) is 6.39. The molecule has 1 aromatic carbocycles. The third-order valence-corrected chi connectivity index (χ3v) is 3.57. The quantitative estimate of drug-likeness (QED) is 0.931. The van der Waals surface area contributed by atoms with Gasteiger partial charge in [0.05, 0.1) is 0 Å². The molecule has 0 bridgehead atoms. The molecule has 1 atom stereocenters. The van der Waals surface area contributed by atoms with Gasteiger partial charge in [-0.15, -0.1) is 0 Å². The zero-order chi connectivity index (χ0) is 15.6. The number of ether oxygens (including phenoxy) is 1. The molecule has 1 fully saturated rings. The van der Waals surface area contributed by atoms with E-state index in [1.54, 1.807) is 30.9 Å². The third-order valence-electron chi connectivity index (χ3n) is 3.57. The van der Waals surface area contributed by atoms with Crippen molar-refractivity contribution in [2.24, 2.45) is 0 Å². The average molecular weight is 298 g/mol. The molecule has 0 saturated carbocycles. The predicted octanol–water partition coefficient (Wildman–Crippen LogP) is 2.34. The Morgan fingerprint density at radius 2 is 2.00 bits per heavy atom. The number of amides is 1. The average Bonchev–Trinajstić information content (AvgIpc) is 2.41. The largest absolute Gasteiger partial charge is 0.434 e. The number of benzene rings is 1. The van der Waals surface area contributed by atoms with E-state index in [1.165, 1.54) is 0 Å². The summed E-state index contributed by atoms with van der Waals surface area (Å²) in [6.07, 6.45) is 0. The SMILES string of the molecule is Cc1cc(C(=O)N2CCNC(C)C2)cc(C)c1OC(F)F. The van der Waals surface area contributed by atoms with Crippen LogP contribution in [0.25, 0.3) is 0 Å². The number of rotatable bonds is 3. The lowest BCUT2D eigenvalue weighted by atomic mass is 10.0. The van der Waals surface area contributed by atoms with E-state index in [0.717, 1.165) is 6.54 Å². The van der Waals surface area contributed by atoms with Crippen LogP contribution < -0.4 is 10.1 Å². The molecule has 0 aromatic heterocycles. The highest BCUT2D eigenvalue weighted by molar-refractivity contribution is 5.95. The van der Waals surface area contributed by atoms with Gasteiger partial charge in [0, 0.05) is 31.2 Å². The van der Waals surface area contributed by atoms with Crippen molar-refractivity contribution in [3.05, 3.63) is 28.8 Å². The van der Waals surface area contributed by atoms with E-state index < -0.39 is 6.61 Å². The summed E-state index contributed by atoms with van der Waals surface area (Å²) in [5.74, 6) is 0.0772. The zero-order valence-corrected chi connectivity index (χ0v) is 12.5. The zero-order valence-electron chi connectivity index (χ0n) is 12.5. The molecular formula is C15H20F2N2O2. The van der Waals surface area contributed by atoms with Crippen molar-refractivity contribution in [3.8, 4) is 5.75 Å². The lowest BCUT2D eigenvalue weighted by Crippen LogP contribution is -2.51. The number of alkyl halides is 2. The van der Waals surface area contributed by atoms with Gasteiger partial charge in [0.25, 0.3) is 5.91 Å². The van der Waals surface area contributed by atoms with Crippen molar-refractivity contribution in [3.63, 3.8) is 0 Å². The molecule has 1 unspecified atom stereocenters. The van der Waals surface area contributed by atoms with Gasteiger partial charge in [0.1, 0.15) is 5.75 Å². The topological polar surface area (TPSA) is 41.6 Å². The Labute approximate surface area is 123 Å². The molecule has 1 aliphatic heterocycles. The van der Waals surface area contributed by atoms with Crippen LogP contribution in [0.4, 0.5) is 8.78 Å². The highest BCUT2D eigenvalue weighted by Crippen LogP contribution is 2.27. The van der Waals surface area contributed by atoms with Crippen LogP contribution in [0, 0.1) is 13.8 Å². The summed E-state index contributed by atoms with van der Waals surface area (Å²) in [5.41, 5.74) is 1.60. The first-order valence-electron chi connectivity index (χ1n) is 6.97. The maximum absolute atomic E-state index is 12.5. The summed E-state index contributed by atoms with van der Waals surface area (Å²) in [4.78, 5) is 14.3. The van der Waals surface area contributed by atoms with Gasteiger partial charge in [-0.25, -0.2) is 0 Å². The number of carbonyl (C=O) groups excluding carboxylic acids is 1. The second-order valence-corrected chi connectivity index (χ2v) is 5.42. The van der Waals surface area contributed by atoms with Crippen LogP contribution in [0.3, 0.4) is 0 Å². The maximum Gasteiger partial charge on any atom is 0.387 e. The first-order chi connectivity index (χ1) is 9.88. The van der Waals surface area contributed by atoms with Gasteiger partial charge in [-0.05, 0) is 44.0 Å². The smallest absolute Gasteiger partial charge is 0.387 e. The molecule has 116 valence electrons. The van der Waals surface area contributed by atoms with Gasteiger partial charge in [0.15, 0.2) is 0 Å². The number of carbonyl (C=O) groups is 1. The first kappa shape index (κ1) is 15.7. The van der Waals surface area contributed by atoms with Gasteiger partial charge in [-0.2, -0.15) is 8.78 Å². The lowest BCUT2D eigenvalue weighted by molar-refractivity contribution is -0.0507.